The van der Waals surface area contributed by atoms with Crippen LogP contribution < -0.4 is 0 Å². The zero-order chi connectivity index (χ0) is 19.7. The average molecular weight is 377 g/mol. The van der Waals surface area contributed by atoms with Gasteiger partial charge in [-0.05, 0) is 37.1 Å². The molecule has 0 aliphatic carbocycles. The maximum Gasteiger partial charge on any atom is 0.0633 e. The molecule has 0 aromatic heterocycles. The van der Waals surface area contributed by atoms with Crippen molar-refractivity contribution in [3.8, 4) is 0 Å². The highest BCUT2D eigenvalue weighted by Gasteiger charge is 1.99. The quantitative estimate of drug-likeness (QED) is 0.233. The van der Waals surface area contributed by atoms with Gasteiger partial charge in [0.1, 0.15) is 0 Å². The minimum Gasteiger partial charge on any atom is -0.255 e. The highest BCUT2D eigenvalue weighted by Crippen LogP contribution is 2.15. The highest BCUT2D eigenvalue weighted by atomic mass is 14.8. The standard InChI is InChI=1S/C26H36N2/c1-2-3-4-5-6-7-8-9-10-13-22-26(28-25-20-16-12-17-21-25)23-27-24-18-14-11-15-19-24/h11-12,14-21,23H,2-10,13,22H2,1H3. The predicted octanol–water partition coefficient (Wildman–Crippen LogP) is 8.47. The van der Waals surface area contributed by atoms with Gasteiger partial charge in [0.05, 0.1) is 17.1 Å². The number of unbranched alkanes of at least 4 members (excludes halogenated alkanes) is 9. The van der Waals surface area contributed by atoms with Crippen LogP contribution in [0, 0.1) is 0 Å². The summed E-state index contributed by atoms with van der Waals surface area (Å²) in [6, 6.07) is 20.3. The maximum absolute atomic E-state index is 4.82. The third-order valence-corrected chi connectivity index (χ3v) is 4.93. The number of hydrogen-bond donors (Lipinski definition) is 0. The normalized spacial score (nSPS) is 12.0. The van der Waals surface area contributed by atoms with Crippen molar-refractivity contribution in [1.82, 2.24) is 0 Å². The van der Waals surface area contributed by atoms with Crippen molar-refractivity contribution in [3.63, 3.8) is 0 Å². The molecule has 0 spiro atoms. The Kier molecular flexibility index (Phi) is 11.7. The van der Waals surface area contributed by atoms with Crippen molar-refractivity contribution in [2.45, 2.75) is 77.6 Å². The maximum atomic E-state index is 4.82. The van der Waals surface area contributed by atoms with Gasteiger partial charge in [0.25, 0.3) is 0 Å². The fourth-order valence-electron chi connectivity index (χ4n) is 3.27. The molecule has 0 aliphatic heterocycles. The van der Waals surface area contributed by atoms with Gasteiger partial charge in [0, 0.05) is 6.21 Å². The summed E-state index contributed by atoms with van der Waals surface area (Å²) in [4.78, 5) is 9.43. The van der Waals surface area contributed by atoms with Crippen LogP contribution >= 0.6 is 0 Å². The minimum atomic E-state index is 0.978. The van der Waals surface area contributed by atoms with Crippen LogP contribution in [-0.2, 0) is 0 Å². The molecule has 0 heterocycles. The lowest BCUT2D eigenvalue weighted by atomic mass is 10.0. The fourth-order valence-corrected chi connectivity index (χ4v) is 3.27. The first-order valence-corrected chi connectivity index (χ1v) is 11.1. The number of nitrogens with zero attached hydrogens (tertiary/aromatic N) is 2. The Balaban J connectivity index is 1.75. The predicted molar refractivity (Wildman–Crippen MR) is 125 cm³/mol. The Morgan fingerprint density at radius 2 is 1.14 bits per heavy atom. The molecule has 0 atom stereocenters. The second-order valence-corrected chi connectivity index (χ2v) is 7.46. The van der Waals surface area contributed by atoms with E-state index < -0.39 is 0 Å². The molecular weight excluding hydrogens is 340 g/mol. The van der Waals surface area contributed by atoms with E-state index in [-0.39, 0.29) is 0 Å². The summed E-state index contributed by atoms with van der Waals surface area (Å²) in [5.41, 5.74) is 3.05. The van der Waals surface area contributed by atoms with Crippen molar-refractivity contribution in [3.05, 3.63) is 60.7 Å². The molecule has 2 aromatic carbocycles. The lowest BCUT2D eigenvalue weighted by Gasteiger charge is -2.04. The number of rotatable bonds is 14. The summed E-state index contributed by atoms with van der Waals surface area (Å²) < 4.78 is 0. The van der Waals surface area contributed by atoms with Gasteiger partial charge >= 0.3 is 0 Å². The summed E-state index contributed by atoms with van der Waals surface area (Å²) in [5, 5.41) is 0. The smallest absolute Gasteiger partial charge is 0.0633 e. The fraction of sp³-hybridized carbons (Fsp3) is 0.462. The van der Waals surface area contributed by atoms with Crippen molar-refractivity contribution < 1.29 is 0 Å². The van der Waals surface area contributed by atoms with Crippen LogP contribution in [0.5, 0.6) is 0 Å². The van der Waals surface area contributed by atoms with E-state index in [9.17, 15) is 0 Å². The summed E-state index contributed by atoms with van der Waals surface area (Å²) >= 11 is 0. The molecule has 0 amide bonds. The molecule has 0 unspecified atom stereocenters. The van der Waals surface area contributed by atoms with Crippen LogP contribution in [-0.4, -0.2) is 11.9 Å². The van der Waals surface area contributed by atoms with E-state index in [1.807, 2.05) is 54.7 Å². The molecule has 2 heteroatoms. The average Bonchev–Trinajstić information content (AvgIpc) is 2.74. The molecule has 150 valence electrons. The second kappa shape index (κ2) is 14.8. The van der Waals surface area contributed by atoms with E-state index in [1.54, 1.807) is 0 Å². The third-order valence-electron chi connectivity index (χ3n) is 4.93. The SMILES string of the molecule is CCCCCCCCCCCCC(C=Nc1ccccc1)=Nc1ccccc1. The Morgan fingerprint density at radius 1 is 0.643 bits per heavy atom. The summed E-state index contributed by atoms with van der Waals surface area (Å²) in [6.45, 7) is 2.28. The lowest BCUT2D eigenvalue weighted by Crippen LogP contribution is -1.99. The molecule has 0 fully saturated rings. The summed E-state index contributed by atoms with van der Waals surface area (Å²) in [6.07, 6.45) is 16.5. The van der Waals surface area contributed by atoms with Crippen molar-refractivity contribution >= 4 is 23.3 Å². The Labute approximate surface area is 171 Å². The highest BCUT2D eigenvalue weighted by molar-refractivity contribution is 6.31. The Morgan fingerprint density at radius 3 is 1.71 bits per heavy atom. The first-order chi connectivity index (χ1) is 13.9. The van der Waals surface area contributed by atoms with Crippen molar-refractivity contribution in [1.29, 1.82) is 0 Å². The minimum absolute atomic E-state index is 0.978. The largest absolute Gasteiger partial charge is 0.255 e. The first kappa shape index (κ1) is 22.1. The number of benzene rings is 2. The van der Waals surface area contributed by atoms with E-state index in [1.165, 1.54) is 64.2 Å². The third kappa shape index (κ3) is 10.2. The summed E-state index contributed by atoms with van der Waals surface area (Å²) in [7, 11) is 0. The van der Waals surface area contributed by atoms with Crippen LogP contribution in [0.4, 0.5) is 11.4 Å². The van der Waals surface area contributed by atoms with Gasteiger partial charge in [0.15, 0.2) is 0 Å². The van der Waals surface area contributed by atoms with Gasteiger partial charge in [-0.2, -0.15) is 0 Å². The molecule has 2 rings (SSSR count). The van der Waals surface area contributed by atoms with Crippen LogP contribution in [0.25, 0.3) is 0 Å². The zero-order valence-corrected chi connectivity index (χ0v) is 17.5. The van der Waals surface area contributed by atoms with Gasteiger partial charge in [-0.3, -0.25) is 9.98 Å². The Bertz CT molecular complexity index is 674. The Hall–Kier alpha value is -2.22. The number of aliphatic imine (C=N–C) groups is 2. The molecule has 0 N–H and O–H groups in total. The summed E-state index contributed by atoms with van der Waals surface area (Å²) in [5.74, 6) is 0. The van der Waals surface area contributed by atoms with Crippen LogP contribution in [0.2, 0.25) is 0 Å². The number of para-hydroxylation sites is 2. The van der Waals surface area contributed by atoms with E-state index in [4.69, 9.17) is 4.99 Å². The molecular formula is C26H36N2. The topological polar surface area (TPSA) is 24.7 Å². The van der Waals surface area contributed by atoms with Gasteiger partial charge in [-0.25, -0.2) is 0 Å². The second-order valence-electron chi connectivity index (χ2n) is 7.46. The zero-order valence-electron chi connectivity index (χ0n) is 17.5. The van der Waals surface area contributed by atoms with Crippen LogP contribution in [0.15, 0.2) is 70.6 Å². The first-order valence-electron chi connectivity index (χ1n) is 11.1. The van der Waals surface area contributed by atoms with E-state index in [0.29, 0.717) is 0 Å². The number of hydrogen-bond acceptors (Lipinski definition) is 2. The molecule has 0 aliphatic rings. The van der Waals surface area contributed by atoms with Crippen molar-refractivity contribution in [2.24, 2.45) is 9.98 Å². The van der Waals surface area contributed by atoms with Gasteiger partial charge in [-0.1, -0.05) is 101 Å². The lowest BCUT2D eigenvalue weighted by molar-refractivity contribution is 0.559. The van der Waals surface area contributed by atoms with E-state index in [2.05, 4.69) is 24.0 Å². The molecule has 0 radical (unpaired) electrons. The molecule has 28 heavy (non-hydrogen) atoms. The van der Waals surface area contributed by atoms with E-state index in [0.717, 1.165) is 23.5 Å². The van der Waals surface area contributed by atoms with Crippen LogP contribution in [0.1, 0.15) is 77.6 Å². The molecule has 2 nitrogen and oxygen atoms in total. The van der Waals surface area contributed by atoms with E-state index >= 15 is 0 Å². The molecule has 0 saturated heterocycles. The van der Waals surface area contributed by atoms with Gasteiger partial charge in [-0.15, -0.1) is 0 Å². The monoisotopic (exact) mass is 376 g/mol. The van der Waals surface area contributed by atoms with Gasteiger partial charge < -0.3 is 0 Å². The molecule has 0 bridgehead atoms. The molecule has 0 saturated carbocycles. The van der Waals surface area contributed by atoms with Crippen LogP contribution in [0.3, 0.4) is 0 Å². The molecule has 2 aromatic rings. The van der Waals surface area contributed by atoms with Crippen molar-refractivity contribution in [2.75, 3.05) is 0 Å². The van der Waals surface area contributed by atoms with Gasteiger partial charge in [0.2, 0.25) is 0 Å².